The number of amides is 1. The molecule has 0 bridgehead atoms. The molecule has 2 rings (SSSR count). The Hall–Kier alpha value is -2.43. The molecular formula is C21H28N2O3. The zero-order valence-electron chi connectivity index (χ0n) is 15.6. The van der Waals surface area contributed by atoms with Crippen molar-refractivity contribution in [2.45, 2.75) is 52.0 Å². The molecule has 26 heavy (non-hydrogen) atoms. The highest BCUT2D eigenvalue weighted by atomic mass is 16.4. The Balaban J connectivity index is 1.95. The molecule has 2 unspecified atom stereocenters. The van der Waals surface area contributed by atoms with Gasteiger partial charge in [-0.2, -0.15) is 0 Å². The van der Waals surface area contributed by atoms with Gasteiger partial charge in [-0.15, -0.1) is 0 Å². The summed E-state index contributed by atoms with van der Waals surface area (Å²) in [7, 11) is 0. The predicted octanol–water partition coefficient (Wildman–Crippen LogP) is 3.90. The van der Waals surface area contributed by atoms with Crippen molar-refractivity contribution >= 4 is 18.1 Å². The van der Waals surface area contributed by atoms with Crippen molar-refractivity contribution in [1.82, 2.24) is 4.90 Å². The third kappa shape index (κ3) is 5.55. The molecule has 1 fully saturated rings. The van der Waals surface area contributed by atoms with E-state index < -0.39 is 5.97 Å². The molecule has 2 atom stereocenters. The topological polar surface area (TPSA) is 70.0 Å². The lowest BCUT2D eigenvalue weighted by atomic mass is 9.96. The van der Waals surface area contributed by atoms with E-state index in [9.17, 15) is 9.59 Å². The number of carbonyl (C=O) groups excluding carboxylic acids is 1. The number of rotatable bonds is 6. The van der Waals surface area contributed by atoms with E-state index in [1.165, 1.54) is 11.8 Å². The molecule has 140 valence electrons. The van der Waals surface area contributed by atoms with Crippen molar-refractivity contribution in [2.75, 3.05) is 6.54 Å². The molecule has 0 spiro atoms. The lowest BCUT2D eigenvalue weighted by Gasteiger charge is -2.25. The van der Waals surface area contributed by atoms with Gasteiger partial charge in [-0.1, -0.05) is 30.4 Å². The number of hydrogen-bond acceptors (Lipinski definition) is 3. The highest BCUT2D eigenvalue weighted by molar-refractivity contribution is 6.07. The quantitative estimate of drug-likeness (QED) is 0.446. The van der Waals surface area contributed by atoms with Crippen molar-refractivity contribution in [2.24, 2.45) is 10.9 Å². The summed E-state index contributed by atoms with van der Waals surface area (Å²) in [5.41, 5.74) is 2.42. The maximum Gasteiger partial charge on any atom is 0.336 e. The number of aliphatic carboxylic acids is 1. The summed E-state index contributed by atoms with van der Waals surface area (Å²) >= 11 is 0. The van der Waals surface area contributed by atoms with Crippen LogP contribution in [0, 0.1) is 5.92 Å². The first-order valence-corrected chi connectivity index (χ1v) is 9.12. The average molecular weight is 356 g/mol. The van der Waals surface area contributed by atoms with Gasteiger partial charge in [-0.25, -0.2) is 4.79 Å². The van der Waals surface area contributed by atoms with E-state index >= 15 is 0 Å². The first-order valence-electron chi connectivity index (χ1n) is 9.12. The van der Waals surface area contributed by atoms with E-state index in [0.29, 0.717) is 5.92 Å². The van der Waals surface area contributed by atoms with Gasteiger partial charge in [0.05, 0.1) is 11.6 Å². The van der Waals surface area contributed by atoms with Crippen LogP contribution >= 0.6 is 0 Å². The highest BCUT2D eigenvalue weighted by Crippen LogP contribution is 2.30. The van der Waals surface area contributed by atoms with Gasteiger partial charge in [-0.3, -0.25) is 9.79 Å². The first-order chi connectivity index (χ1) is 12.4. The Kier molecular flexibility index (Phi) is 7.13. The maximum absolute atomic E-state index is 11.8. The Morgan fingerprint density at radius 1 is 1.42 bits per heavy atom. The molecule has 5 heteroatoms. The van der Waals surface area contributed by atoms with Crippen molar-refractivity contribution in [3.8, 4) is 0 Å². The van der Waals surface area contributed by atoms with E-state index in [4.69, 9.17) is 5.11 Å². The number of nitrogens with zero attached hydrogens (tertiary/aromatic N) is 2. The van der Waals surface area contributed by atoms with Crippen LogP contribution in [-0.2, 0) is 9.59 Å². The van der Waals surface area contributed by atoms with Crippen LogP contribution in [0.5, 0.6) is 0 Å². The highest BCUT2D eigenvalue weighted by Gasteiger charge is 2.29. The number of carboxylic acids is 1. The summed E-state index contributed by atoms with van der Waals surface area (Å²) in [5, 5.41) is 8.76. The molecule has 1 amide bonds. The predicted molar refractivity (Wildman–Crippen MR) is 104 cm³/mol. The Labute approximate surface area is 155 Å². The number of allylic oxidation sites excluding steroid dienone is 4. The van der Waals surface area contributed by atoms with Gasteiger partial charge in [0, 0.05) is 25.9 Å². The summed E-state index contributed by atoms with van der Waals surface area (Å²) in [6, 6.07) is 0.263. The normalized spacial score (nSPS) is 23.8. The molecule has 1 N–H and O–H groups in total. The molecule has 0 aromatic heterocycles. The van der Waals surface area contributed by atoms with Crippen LogP contribution < -0.4 is 0 Å². The molecule has 1 saturated heterocycles. The van der Waals surface area contributed by atoms with Crippen LogP contribution in [0.25, 0.3) is 0 Å². The minimum absolute atomic E-state index is 0.0254. The van der Waals surface area contributed by atoms with Gasteiger partial charge in [-0.05, 0) is 50.5 Å². The Morgan fingerprint density at radius 3 is 2.88 bits per heavy atom. The van der Waals surface area contributed by atoms with Crippen molar-refractivity contribution < 1.29 is 14.7 Å². The standard InChI is InChI=1S/C21H28N2O3/c1-15(13-22-14-16(2)21(25)26)12-18-6-4-7-19(10-9-18)20-8-5-11-23(20)17(3)24/h4,6,10,13-14,18,20H,2,5,7-9,11-12H2,1,3H3,(H,25,26). The van der Waals surface area contributed by atoms with Crippen molar-refractivity contribution in [1.29, 1.82) is 0 Å². The second-order valence-electron chi connectivity index (χ2n) is 7.07. The van der Waals surface area contributed by atoms with Gasteiger partial charge >= 0.3 is 5.97 Å². The molecule has 1 aliphatic carbocycles. The second-order valence-corrected chi connectivity index (χ2v) is 7.07. The van der Waals surface area contributed by atoms with E-state index in [2.05, 4.69) is 29.8 Å². The number of hydrogen-bond donors (Lipinski definition) is 1. The fourth-order valence-electron chi connectivity index (χ4n) is 3.59. The zero-order valence-corrected chi connectivity index (χ0v) is 15.6. The molecule has 1 aliphatic heterocycles. The minimum Gasteiger partial charge on any atom is -0.478 e. The van der Waals surface area contributed by atoms with Crippen LogP contribution in [0.15, 0.2) is 52.7 Å². The van der Waals surface area contributed by atoms with Crippen molar-refractivity contribution in [3.63, 3.8) is 0 Å². The monoisotopic (exact) mass is 356 g/mol. The van der Waals surface area contributed by atoms with Crippen LogP contribution in [0.3, 0.4) is 0 Å². The zero-order chi connectivity index (χ0) is 19.1. The maximum atomic E-state index is 11.8. The van der Waals surface area contributed by atoms with Crippen LogP contribution in [0.4, 0.5) is 0 Å². The SMILES string of the molecule is C=C(C=NC=C(C)CC1C=CCC(C2CCCN2C(C)=O)=CC1)C(=O)O. The summed E-state index contributed by atoms with van der Waals surface area (Å²) in [4.78, 5) is 28.5. The molecule has 0 saturated carbocycles. The Bertz CT molecular complexity index is 685. The first kappa shape index (κ1) is 19.9. The van der Waals surface area contributed by atoms with E-state index in [1.807, 2.05) is 11.8 Å². The number of aliphatic imine (C=N–C) groups is 1. The van der Waals surface area contributed by atoms with Crippen LogP contribution in [0.2, 0.25) is 0 Å². The number of likely N-dealkylation sites (tertiary alicyclic amines) is 1. The molecular weight excluding hydrogens is 328 g/mol. The average Bonchev–Trinajstić information content (AvgIpc) is 2.96. The molecule has 5 nitrogen and oxygen atoms in total. The Morgan fingerprint density at radius 2 is 2.19 bits per heavy atom. The van der Waals surface area contributed by atoms with Gasteiger partial charge in [0.2, 0.25) is 5.91 Å². The molecule has 1 heterocycles. The minimum atomic E-state index is -1.06. The third-order valence-corrected chi connectivity index (χ3v) is 4.91. The van der Waals surface area contributed by atoms with Gasteiger partial charge in [0.15, 0.2) is 0 Å². The van der Waals surface area contributed by atoms with E-state index in [1.54, 1.807) is 13.1 Å². The van der Waals surface area contributed by atoms with Crippen LogP contribution in [-0.4, -0.2) is 40.7 Å². The molecule has 0 aromatic rings. The van der Waals surface area contributed by atoms with Gasteiger partial charge < -0.3 is 10.0 Å². The fourth-order valence-corrected chi connectivity index (χ4v) is 3.59. The summed E-state index contributed by atoms with van der Waals surface area (Å²) < 4.78 is 0. The van der Waals surface area contributed by atoms with Gasteiger partial charge in [0.1, 0.15) is 0 Å². The van der Waals surface area contributed by atoms with E-state index in [0.717, 1.165) is 44.2 Å². The van der Waals surface area contributed by atoms with E-state index in [-0.39, 0.29) is 17.5 Å². The number of carbonyl (C=O) groups is 2. The smallest absolute Gasteiger partial charge is 0.336 e. The van der Waals surface area contributed by atoms with Crippen molar-refractivity contribution in [3.05, 3.63) is 47.7 Å². The number of carboxylic acid groups (broad SMARTS) is 1. The summed E-state index contributed by atoms with van der Waals surface area (Å²) in [6.45, 7) is 7.94. The van der Waals surface area contributed by atoms with Crippen LogP contribution in [0.1, 0.15) is 46.0 Å². The fraction of sp³-hybridized carbons (Fsp3) is 0.476. The third-order valence-electron chi connectivity index (χ3n) is 4.91. The lowest BCUT2D eigenvalue weighted by Crippen LogP contribution is -2.34. The molecule has 2 aliphatic rings. The summed E-state index contributed by atoms with van der Waals surface area (Å²) in [6.07, 6.45) is 14.6. The second kappa shape index (κ2) is 9.32. The van der Waals surface area contributed by atoms with Gasteiger partial charge in [0.25, 0.3) is 0 Å². The molecule has 0 radical (unpaired) electrons. The largest absolute Gasteiger partial charge is 0.478 e. The molecule has 0 aromatic carbocycles. The summed E-state index contributed by atoms with van der Waals surface area (Å²) in [5.74, 6) is -0.498. The lowest BCUT2D eigenvalue weighted by molar-refractivity contribution is -0.132.